The largest absolute Gasteiger partial charge is 0.461 e. The van der Waals surface area contributed by atoms with Crippen molar-refractivity contribution in [2.45, 2.75) is 18.6 Å². The van der Waals surface area contributed by atoms with Crippen molar-refractivity contribution < 1.29 is 32.3 Å². The lowest BCUT2D eigenvalue weighted by Crippen LogP contribution is -2.48. The third-order valence-corrected chi connectivity index (χ3v) is 5.21. The van der Waals surface area contributed by atoms with Crippen LogP contribution in [0.2, 0.25) is 0 Å². The van der Waals surface area contributed by atoms with E-state index >= 15 is 0 Å². The normalized spacial score (nSPS) is 22.8. The van der Waals surface area contributed by atoms with Crippen LogP contribution in [0, 0.1) is 5.92 Å². The molecular weight excluding hydrogens is 415 g/mol. The third kappa shape index (κ3) is 3.06. The number of alkyl halides is 3. The van der Waals surface area contributed by atoms with Gasteiger partial charge in [-0.05, 0) is 30.7 Å². The van der Waals surface area contributed by atoms with Gasteiger partial charge in [-0.15, -0.1) is 0 Å². The van der Waals surface area contributed by atoms with Crippen LogP contribution >= 0.6 is 0 Å². The second-order valence-electron chi connectivity index (χ2n) is 6.96. The molecule has 0 spiro atoms. The summed E-state index contributed by atoms with van der Waals surface area (Å²) in [5.74, 6) is -3.98. The van der Waals surface area contributed by atoms with Crippen LogP contribution in [0.4, 0.5) is 18.9 Å². The number of halogens is 3. The number of rotatable bonds is 4. The lowest BCUT2D eigenvalue weighted by molar-refractivity contribution is -0.138. The zero-order valence-corrected chi connectivity index (χ0v) is 16.1. The number of fused-ring (bicyclic) bond motifs is 1. The van der Waals surface area contributed by atoms with Crippen LogP contribution in [0.15, 0.2) is 59.7 Å². The Labute approximate surface area is 174 Å². The fourth-order valence-electron chi connectivity index (χ4n) is 3.85. The zero-order chi connectivity index (χ0) is 22.4. The van der Waals surface area contributed by atoms with Crippen LogP contribution in [0.5, 0.6) is 0 Å². The summed E-state index contributed by atoms with van der Waals surface area (Å²) < 4.78 is 44.5. The van der Waals surface area contributed by atoms with Gasteiger partial charge in [0.1, 0.15) is 5.92 Å². The SMILES string of the molecule is CCOC(=O)C1=NN[C@@]2(c3ccccc3)C(=O)N(c3cccc(C(F)(F)F)c3)C(=O)[C@@H]12. The Morgan fingerprint density at radius 2 is 1.87 bits per heavy atom. The van der Waals surface area contributed by atoms with Crippen molar-refractivity contribution in [3.63, 3.8) is 0 Å². The molecular formula is C21H16F3N3O4. The second-order valence-corrected chi connectivity index (χ2v) is 6.96. The second kappa shape index (κ2) is 7.22. The summed E-state index contributed by atoms with van der Waals surface area (Å²) in [7, 11) is 0. The molecule has 0 unspecified atom stereocenters. The lowest BCUT2D eigenvalue weighted by Gasteiger charge is -2.26. The monoisotopic (exact) mass is 431 g/mol. The third-order valence-electron chi connectivity index (χ3n) is 5.21. The number of anilines is 1. The first-order chi connectivity index (χ1) is 14.7. The quantitative estimate of drug-likeness (QED) is 0.594. The van der Waals surface area contributed by atoms with E-state index in [1.54, 1.807) is 37.3 Å². The Hall–Kier alpha value is -3.69. The Morgan fingerprint density at radius 3 is 2.52 bits per heavy atom. The van der Waals surface area contributed by atoms with E-state index in [0.717, 1.165) is 18.2 Å². The van der Waals surface area contributed by atoms with E-state index in [-0.39, 0.29) is 18.0 Å². The standard InChI is InChI=1S/C21H16F3N3O4/c1-2-31-18(29)16-15-17(28)27(14-10-6-9-13(11-14)21(22,23)24)19(30)20(15,26-25-16)12-7-4-3-5-8-12/h3-11,15,26H,2H2,1H3/t15-,20-/m1/s1. The molecule has 2 atom stereocenters. The predicted molar refractivity (Wildman–Crippen MR) is 103 cm³/mol. The molecule has 7 nitrogen and oxygen atoms in total. The van der Waals surface area contributed by atoms with Crippen LogP contribution in [-0.4, -0.2) is 30.1 Å². The Bertz CT molecular complexity index is 1100. The molecule has 2 aliphatic heterocycles. The van der Waals surface area contributed by atoms with Crippen LogP contribution < -0.4 is 10.3 Å². The molecule has 1 saturated heterocycles. The highest BCUT2D eigenvalue weighted by molar-refractivity contribution is 6.47. The first kappa shape index (κ1) is 20.6. The molecule has 160 valence electrons. The summed E-state index contributed by atoms with van der Waals surface area (Å²) in [6.07, 6.45) is -4.66. The smallest absolute Gasteiger partial charge is 0.416 e. The van der Waals surface area contributed by atoms with Gasteiger partial charge in [0.05, 0.1) is 17.9 Å². The lowest BCUT2D eigenvalue weighted by atomic mass is 9.79. The van der Waals surface area contributed by atoms with Gasteiger partial charge >= 0.3 is 12.1 Å². The minimum atomic E-state index is -4.66. The molecule has 2 amide bonds. The summed E-state index contributed by atoms with van der Waals surface area (Å²) in [6, 6.07) is 12.0. The maximum Gasteiger partial charge on any atom is 0.416 e. The molecule has 2 aliphatic rings. The predicted octanol–water partition coefficient (Wildman–Crippen LogP) is 2.61. The van der Waals surface area contributed by atoms with E-state index in [1.807, 2.05) is 0 Å². The molecule has 0 aromatic heterocycles. The number of amides is 2. The fraction of sp³-hybridized carbons (Fsp3) is 0.238. The zero-order valence-electron chi connectivity index (χ0n) is 16.1. The van der Waals surface area contributed by atoms with Crippen molar-refractivity contribution in [2.24, 2.45) is 11.0 Å². The minimum Gasteiger partial charge on any atom is -0.461 e. The Kier molecular flexibility index (Phi) is 4.79. The van der Waals surface area contributed by atoms with Gasteiger partial charge in [0.2, 0.25) is 5.91 Å². The van der Waals surface area contributed by atoms with Gasteiger partial charge in [-0.1, -0.05) is 36.4 Å². The number of carbonyl (C=O) groups excluding carboxylic acids is 3. The Morgan fingerprint density at radius 1 is 1.16 bits per heavy atom. The van der Waals surface area contributed by atoms with Crippen molar-refractivity contribution in [2.75, 3.05) is 11.5 Å². The number of hydrogen-bond donors (Lipinski definition) is 1. The molecule has 2 aromatic carbocycles. The van der Waals surface area contributed by atoms with Crippen molar-refractivity contribution >= 4 is 29.2 Å². The molecule has 2 aromatic rings. The van der Waals surface area contributed by atoms with Crippen molar-refractivity contribution in [3.05, 3.63) is 65.7 Å². The van der Waals surface area contributed by atoms with E-state index in [9.17, 15) is 27.6 Å². The summed E-state index contributed by atoms with van der Waals surface area (Å²) in [5.41, 5.74) is -0.378. The maximum absolute atomic E-state index is 13.5. The fourth-order valence-corrected chi connectivity index (χ4v) is 3.85. The van der Waals surface area contributed by atoms with Crippen molar-refractivity contribution in [1.82, 2.24) is 5.43 Å². The van der Waals surface area contributed by atoms with Crippen LogP contribution in [0.1, 0.15) is 18.1 Å². The molecule has 10 heteroatoms. The van der Waals surface area contributed by atoms with Gasteiger partial charge < -0.3 is 4.74 Å². The first-order valence-corrected chi connectivity index (χ1v) is 9.35. The number of nitrogens with zero attached hydrogens (tertiary/aromatic N) is 2. The average Bonchev–Trinajstić information content (AvgIpc) is 3.24. The number of nitrogens with one attached hydrogen (secondary N) is 1. The summed E-state index contributed by atoms with van der Waals surface area (Å²) >= 11 is 0. The van der Waals surface area contributed by atoms with Gasteiger partial charge in [-0.25, -0.2) is 9.69 Å². The molecule has 4 rings (SSSR count). The van der Waals surface area contributed by atoms with Crippen LogP contribution in [0.25, 0.3) is 0 Å². The molecule has 31 heavy (non-hydrogen) atoms. The Balaban J connectivity index is 1.86. The van der Waals surface area contributed by atoms with Gasteiger partial charge in [0.15, 0.2) is 11.3 Å². The van der Waals surface area contributed by atoms with Gasteiger partial charge in [0.25, 0.3) is 5.91 Å². The molecule has 0 radical (unpaired) electrons. The highest BCUT2D eigenvalue weighted by Crippen LogP contribution is 2.45. The van der Waals surface area contributed by atoms with Crippen LogP contribution in [-0.2, 0) is 30.8 Å². The van der Waals surface area contributed by atoms with Crippen molar-refractivity contribution in [1.29, 1.82) is 0 Å². The summed E-state index contributed by atoms with van der Waals surface area (Å²) in [5, 5.41) is 3.92. The van der Waals surface area contributed by atoms with E-state index in [0.29, 0.717) is 10.5 Å². The van der Waals surface area contributed by atoms with Gasteiger partial charge in [-0.2, -0.15) is 18.3 Å². The molecule has 1 N–H and O–H groups in total. The maximum atomic E-state index is 13.5. The molecule has 0 saturated carbocycles. The summed E-state index contributed by atoms with van der Waals surface area (Å²) in [4.78, 5) is 40.0. The number of benzene rings is 2. The van der Waals surface area contributed by atoms with E-state index in [4.69, 9.17) is 4.74 Å². The highest BCUT2D eigenvalue weighted by Gasteiger charge is 2.67. The first-order valence-electron chi connectivity index (χ1n) is 9.35. The molecule has 2 heterocycles. The number of hydrazone groups is 1. The van der Waals surface area contributed by atoms with Crippen LogP contribution in [0.3, 0.4) is 0 Å². The van der Waals surface area contributed by atoms with Crippen molar-refractivity contribution in [3.8, 4) is 0 Å². The number of hydrogen-bond acceptors (Lipinski definition) is 6. The van der Waals surface area contributed by atoms with Gasteiger partial charge in [-0.3, -0.25) is 15.0 Å². The molecule has 0 aliphatic carbocycles. The number of carbonyl (C=O) groups is 3. The molecule has 0 bridgehead atoms. The highest BCUT2D eigenvalue weighted by atomic mass is 19.4. The minimum absolute atomic E-state index is 0.0163. The number of ether oxygens (including phenoxy) is 1. The average molecular weight is 431 g/mol. The van der Waals surface area contributed by atoms with Gasteiger partial charge in [0, 0.05) is 0 Å². The topological polar surface area (TPSA) is 88.1 Å². The number of imide groups is 1. The number of esters is 1. The van der Waals surface area contributed by atoms with E-state index in [1.165, 1.54) is 6.07 Å². The molecule has 1 fully saturated rings. The summed E-state index contributed by atoms with van der Waals surface area (Å²) in [6.45, 7) is 1.59. The van der Waals surface area contributed by atoms with E-state index < -0.39 is 41.0 Å². The van der Waals surface area contributed by atoms with E-state index in [2.05, 4.69) is 10.5 Å².